The lowest BCUT2D eigenvalue weighted by molar-refractivity contribution is 0.791. The number of aryl methyl sites for hydroxylation is 1. The first kappa shape index (κ1) is 11.4. The molecule has 0 fully saturated rings. The Labute approximate surface area is 103 Å². The standard InChI is InChI=1S/C12H14BrN3/c1-8-11(7-14-2)16-12(15-8)9-5-3-4-6-10(9)13/h3-6,14H,7H2,1-2H3,(H,15,16). The van der Waals surface area contributed by atoms with Crippen LogP contribution in [0.5, 0.6) is 0 Å². The van der Waals surface area contributed by atoms with Gasteiger partial charge in [-0.3, -0.25) is 0 Å². The van der Waals surface area contributed by atoms with Gasteiger partial charge in [-0.25, -0.2) is 4.98 Å². The molecule has 0 unspecified atom stereocenters. The molecule has 3 nitrogen and oxygen atoms in total. The number of rotatable bonds is 3. The van der Waals surface area contributed by atoms with E-state index < -0.39 is 0 Å². The third-order valence-corrected chi connectivity index (χ3v) is 3.15. The Morgan fingerprint density at radius 3 is 2.81 bits per heavy atom. The van der Waals surface area contributed by atoms with Crippen LogP contribution in [-0.2, 0) is 6.54 Å². The van der Waals surface area contributed by atoms with Crippen LogP contribution in [0.1, 0.15) is 11.4 Å². The first-order chi connectivity index (χ1) is 7.72. The van der Waals surface area contributed by atoms with Crippen molar-refractivity contribution in [2.24, 2.45) is 0 Å². The van der Waals surface area contributed by atoms with Crippen LogP contribution in [0, 0.1) is 6.92 Å². The molecule has 1 aromatic heterocycles. The Bertz CT molecular complexity index is 491. The van der Waals surface area contributed by atoms with E-state index in [2.05, 4.69) is 31.2 Å². The van der Waals surface area contributed by atoms with Crippen LogP contribution in [-0.4, -0.2) is 17.0 Å². The van der Waals surface area contributed by atoms with E-state index >= 15 is 0 Å². The summed E-state index contributed by atoms with van der Waals surface area (Å²) in [5.41, 5.74) is 3.27. The number of aromatic amines is 1. The molecule has 4 heteroatoms. The van der Waals surface area contributed by atoms with E-state index in [1.807, 2.05) is 38.2 Å². The van der Waals surface area contributed by atoms with Crippen molar-refractivity contribution in [1.29, 1.82) is 0 Å². The summed E-state index contributed by atoms with van der Waals surface area (Å²) in [5, 5.41) is 3.11. The number of imidazole rings is 1. The molecule has 0 saturated heterocycles. The highest BCUT2D eigenvalue weighted by molar-refractivity contribution is 9.10. The number of nitrogens with zero attached hydrogens (tertiary/aromatic N) is 1. The van der Waals surface area contributed by atoms with Crippen molar-refractivity contribution < 1.29 is 0 Å². The maximum Gasteiger partial charge on any atom is 0.139 e. The van der Waals surface area contributed by atoms with E-state index in [1.165, 1.54) is 0 Å². The number of hydrogen-bond acceptors (Lipinski definition) is 2. The quantitative estimate of drug-likeness (QED) is 0.907. The molecule has 0 aliphatic carbocycles. The fourth-order valence-electron chi connectivity index (χ4n) is 1.62. The highest BCUT2D eigenvalue weighted by Crippen LogP contribution is 2.26. The smallest absolute Gasteiger partial charge is 0.139 e. The lowest BCUT2D eigenvalue weighted by atomic mass is 10.2. The Morgan fingerprint density at radius 2 is 2.12 bits per heavy atom. The molecular formula is C12H14BrN3. The first-order valence-corrected chi connectivity index (χ1v) is 5.96. The maximum absolute atomic E-state index is 4.58. The second kappa shape index (κ2) is 4.80. The van der Waals surface area contributed by atoms with Crippen molar-refractivity contribution in [3.63, 3.8) is 0 Å². The monoisotopic (exact) mass is 279 g/mol. The van der Waals surface area contributed by atoms with Gasteiger partial charge in [-0.1, -0.05) is 34.1 Å². The molecule has 0 atom stereocenters. The second-order valence-corrected chi connectivity index (χ2v) is 4.52. The van der Waals surface area contributed by atoms with Gasteiger partial charge in [0.25, 0.3) is 0 Å². The molecule has 16 heavy (non-hydrogen) atoms. The minimum Gasteiger partial charge on any atom is -0.342 e. The molecule has 0 amide bonds. The lowest BCUT2D eigenvalue weighted by Crippen LogP contribution is -2.06. The van der Waals surface area contributed by atoms with Crippen LogP contribution >= 0.6 is 15.9 Å². The van der Waals surface area contributed by atoms with Crippen molar-refractivity contribution in [1.82, 2.24) is 15.3 Å². The number of H-pyrrole nitrogens is 1. The average molecular weight is 280 g/mol. The summed E-state index contributed by atoms with van der Waals surface area (Å²) in [4.78, 5) is 7.89. The summed E-state index contributed by atoms with van der Waals surface area (Å²) in [6, 6.07) is 8.07. The van der Waals surface area contributed by atoms with Crippen molar-refractivity contribution in [2.45, 2.75) is 13.5 Å². The molecule has 0 aliphatic heterocycles. The van der Waals surface area contributed by atoms with Crippen LogP contribution in [0.25, 0.3) is 11.4 Å². The van der Waals surface area contributed by atoms with Gasteiger partial charge in [0.15, 0.2) is 0 Å². The molecule has 0 spiro atoms. The van der Waals surface area contributed by atoms with E-state index in [0.29, 0.717) is 0 Å². The van der Waals surface area contributed by atoms with E-state index in [1.54, 1.807) is 0 Å². The van der Waals surface area contributed by atoms with Crippen molar-refractivity contribution in [3.05, 3.63) is 40.1 Å². The molecule has 0 aliphatic rings. The van der Waals surface area contributed by atoms with E-state index in [9.17, 15) is 0 Å². The fourth-order valence-corrected chi connectivity index (χ4v) is 2.09. The molecule has 84 valence electrons. The number of nitrogens with one attached hydrogen (secondary N) is 2. The van der Waals surface area contributed by atoms with Crippen LogP contribution in [0.4, 0.5) is 0 Å². The van der Waals surface area contributed by atoms with E-state index in [4.69, 9.17) is 0 Å². The Hall–Kier alpha value is -1.13. The summed E-state index contributed by atoms with van der Waals surface area (Å²) in [6.07, 6.45) is 0. The molecule has 1 heterocycles. The molecule has 0 bridgehead atoms. The van der Waals surface area contributed by atoms with E-state index in [0.717, 1.165) is 33.8 Å². The fraction of sp³-hybridized carbons (Fsp3) is 0.250. The molecule has 2 N–H and O–H groups in total. The molecule has 1 aromatic carbocycles. The minimum absolute atomic E-state index is 0.785. The predicted molar refractivity (Wildman–Crippen MR) is 69.2 cm³/mol. The molecule has 2 aromatic rings. The topological polar surface area (TPSA) is 40.7 Å². The van der Waals surface area contributed by atoms with Gasteiger partial charge in [-0.2, -0.15) is 0 Å². The Kier molecular flexibility index (Phi) is 3.41. The Morgan fingerprint density at radius 1 is 1.38 bits per heavy atom. The summed E-state index contributed by atoms with van der Waals surface area (Å²) in [6.45, 7) is 2.83. The molecule has 2 rings (SSSR count). The number of halogens is 1. The summed E-state index contributed by atoms with van der Waals surface area (Å²) in [5.74, 6) is 0.912. The van der Waals surface area contributed by atoms with Gasteiger partial charge in [-0.15, -0.1) is 0 Å². The highest BCUT2D eigenvalue weighted by Gasteiger charge is 2.09. The average Bonchev–Trinajstić information content (AvgIpc) is 2.61. The third kappa shape index (κ3) is 2.18. The summed E-state index contributed by atoms with van der Waals surface area (Å²) < 4.78 is 1.06. The largest absolute Gasteiger partial charge is 0.342 e. The molecular weight excluding hydrogens is 266 g/mol. The van der Waals surface area contributed by atoms with Gasteiger partial charge in [0.2, 0.25) is 0 Å². The number of aromatic nitrogens is 2. The summed E-state index contributed by atoms with van der Waals surface area (Å²) in [7, 11) is 1.92. The zero-order chi connectivity index (χ0) is 11.5. The van der Waals surface area contributed by atoms with Crippen molar-refractivity contribution in [2.75, 3.05) is 7.05 Å². The number of benzene rings is 1. The zero-order valence-corrected chi connectivity index (χ0v) is 10.9. The van der Waals surface area contributed by atoms with Crippen LogP contribution in [0.2, 0.25) is 0 Å². The maximum atomic E-state index is 4.58. The Balaban J connectivity index is 2.42. The van der Waals surface area contributed by atoms with Crippen molar-refractivity contribution >= 4 is 15.9 Å². The van der Waals surface area contributed by atoms with Gasteiger partial charge < -0.3 is 10.3 Å². The molecule has 0 radical (unpaired) electrons. The highest BCUT2D eigenvalue weighted by atomic mass is 79.9. The van der Waals surface area contributed by atoms with Gasteiger partial charge in [0, 0.05) is 22.3 Å². The molecule has 0 saturated carbocycles. The number of hydrogen-bond donors (Lipinski definition) is 2. The first-order valence-electron chi connectivity index (χ1n) is 5.17. The predicted octanol–water partition coefficient (Wildman–Crippen LogP) is 2.87. The van der Waals surface area contributed by atoms with Crippen LogP contribution in [0.15, 0.2) is 28.7 Å². The third-order valence-electron chi connectivity index (χ3n) is 2.46. The minimum atomic E-state index is 0.785. The van der Waals surface area contributed by atoms with Gasteiger partial charge >= 0.3 is 0 Å². The van der Waals surface area contributed by atoms with Crippen molar-refractivity contribution in [3.8, 4) is 11.4 Å². The summed E-state index contributed by atoms with van der Waals surface area (Å²) >= 11 is 3.53. The van der Waals surface area contributed by atoms with Crippen LogP contribution < -0.4 is 5.32 Å². The van der Waals surface area contributed by atoms with Gasteiger partial charge in [0.1, 0.15) is 5.82 Å². The normalized spacial score (nSPS) is 10.7. The second-order valence-electron chi connectivity index (χ2n) is 3.67. The van der Waals surface area contributed by atoms with Gasteiger partial charge in [-0.05, 0) is 20.0 Å². The van der Waals surface area contributed by atoms with Gasteiger partial charge in [0.05, 0.1) is 5.69 Å². The SMILES string of the molecule is CNCc1nc(-c2ccccc2Br)[nH]c1C. The zero-order valence-electron chi connectivity index (χ0n) is 9.34. The lowest BCUT2D eigenvalue weighted by Gasteiger charge is -1.99. The van der Waals surface area contributed by atoms with E-state index in [-0.39, 0.29) is 0 Å². The van der Waals surface area contributed by atoms with Crippen LogP contribution in [0.3, 0.4) is 0 Å².